The fourth-order valence-electron chi connectivity index (χ4n) is 0.467. The minimum atomic E-state index is -1.99. The molecule has 0 atom stereocenters. The lowest BCUT2D eigenvalue weighted by Crippen LogP contribution is -2.23. The van der Waals surface area contributed by atoms with Crippen LogP contribution >= 0.6 is 69.6 Å². The summed E-state index contributed by atoms with van der Waals surface area (Å²) in [5.74, 6) is -0.868. The van der Waals surface area contributed by atoms with Crippen molar-refractivity contribution in [1.29, 1.82) is 0 Å². The van der Waals surface area contributed by atoms with Crippen molar-refractivity contribution in [3.8, 4) is 0 Å². The maximum absolute atomic E-state index is 10.5. The molecule has 2 N–H and O–H groups in total. The lowest BCUT2D eigenvalue weighted by atomic mass is 10.3. The largest absolute Gasteiger partial charge is 0.366 e. The highest BCUT2D eigenvalue weighted by atomic mass is 35.6. The molecular formula is C5H3Cl6NO. The van der Waals surface area contributed by atoms with Gasteiger partial charge in [0.2, 0.25) is 13.5 Å². The molecule has 8 heteroatoms. The third-order valence-electron chi connectivity index (χ3n) is 0.897. The van der Waals surface area contributed by atoms with Crippen molar-refractivity contribution >= 4 is 75.5 Å². The SMILES string of the molecule is NC(=O)C=C(C(Cl)(Cl)Cl)C(Cl)(Cl)Cl. The smallest absolute Gasteiger partial charge is 0.241 e. The topological polar surface area (TPSA) is 43.1 Å². The number of hydrogen-bond acceptors (Lipinski definition) is 1. The zero-order chi connectivity index (χ0) is 10.9. The number of nitrogens with two attached hydrogens (primary N) is 1. The fraction of sp³-hybridized carbons (Fsp3) is 0.400. The molecule has 0 heterocycles. The molecule has 0 aromatic carbocycles. The molecule has 0 rings (SSSR count). The zero-order valence-electron chi connectivity index (χ0n) is 5.83. The highest BCUT2D eigenvalue weighted by Crippen LogP contribution is 2.47. The van der Waals surface area contributed by atoms with E-state index in [1.165, 1.54) is 0 Å². The predicted octanol–water partition coefficient (Wildman–Crippen LogP) is 3.14. The summed E-state index contributed by atoms with van der Waals surface area (Å²) in [6.07, 6.45) is 0.764. The van der Waals surface area contributed by atoms with Crippen LogP contribution in [-0.2, 0) is 4.79 Å². The Morgan fingerprint density at radius 1 is 1.00 bits per heavy atom. The Kier molecular flexibility index (Phi) is 4.99. The number of alkyl halides is 6. The number of carbonyl (C=O) groups excluding carboxylic acids is 1. The number of amides is 1. The molecule has 2 nitrogen and oxygen atoms in total. The van der Waals surface area contributed by atoms with E-state index >= 15 is 0 Å². The van der Waals surface area contributed by atoms with Gasteiger partial charge in [-0.05, 0) is 0 Å². The van der Waals surface area contributed by atoms with Gasteiger partial charge in [-0.25, -0.2) is 0 Å². The number of hydrogen-bond donors (Lipinski definition) is 1. The molecule has 1 amide bonds. The Morgan fingerprint density at radius 3 is 1.38 bits per heavy atom. The first-order valence-electron chi connectivity index (χ1n) is 2.70. The van der Waals surface area contributed by atoms with Crippen LogP contribution in [0.25, 0.3) is 0 Å². The Labute approximate surface area is 105 Å². The van der Waals surface area contributed by atoms with Crippen LogP contribution in [0.4, 0.5) is 0 Å². The number of halogens is 6. The van der Waals surface area contributed by atoms with Crippen molar-refractivity contribution in [2.24, 2.45) is 5.73 Å². The monoisotopic (exact) mass is 303 g/mol. The molecule has 0 saturated heterocycles. The molecule has 0 spiro atoms. The molecule has 0 unspecified atom stereocenters. The van der Waals surface area contributed by atoms with Gasteiger partial charge in [0.15, 0.2) is 0 Å². The van der Waals surface area contributed by atoms with Crippen molar-refractivity contribution in [2.75, 3.05) is 0 Å². The van der Waals surface area contributed by atoms with E-state index in [0.717, 1.165) is 6.08 Å². The summed E-state index contributed by atoms with van der Waals surface area (Å²) < 4.78 is -3.97. The maximum Gasteiger partial charge on any atom is 0.241 e. The summed E-state index contributed by atoms with van der Waals surface area (Å²) in [7, 11) is 0. The van der Waals surface area contributed by atoms with E-state index in [1.807, 2.05) is 0 Å². The zero-order valence-corrected chi connectivity index (χ0v) is 10.4. The Balaban J connectivity index is 5.13. The van der Waals surface area contributed by atoms with Crippen LogP contribution in [0.5, 0.6) is 0 Å². The molecule has 0 saturated carbocycles. The highest BCUT2D eigenvalue weighted by Gasteiger charge is 2.40. The summed E-state index contributed by atoms with van der Waals surface area (Å²) in [6, 6.07) is 0. The fourth-order valence-corrected chi connectivity index (χ4v) is 2.08. The van der Waals surface area contributed by atoms with Gasteiger partial charge in [0, 0.05) is 11.6 Å². The second-order valence-corrected chi connectivity index (χ2v) is 6.52. The Bertz CT molecular complexity index is 220. The second-order valence-electron chi connectivity index (χ2n) is 1.96. The minimum absolute atomic E-state index is 0.317. The molecule has 0 radical (unpaired) electrons. The van der Waals surface area contributed by atoms with Gasteiger partial charge in [0.05, 0.1) is 0 Å². The quantitative estimate of drug-likeness (QED) is 0.587. The molecule has 13 heavy (non-hydrogen) atoms. The van der Waals surface area contributed by atoms with E-state index in [9.17, 15) is 4.79 Å². The standard InChI is InChI=1S/C5H3Cl6NO/c6-4(7,8)2(1-3(12)13)5(9,10)11/h1H,(H2,12,13). The molecule has 0 aromatic rings. The summed E-state index contributed by atoms with van der Waals surface area (Å²) in [5, 5.41) is 0. The summed E-state index contributed by atoms with van der Waals surface area (Å²) >= 11 is 32.6. The average Bonchev–Trinajstić information content (AvgIpc) is 1.77. The van der Waals surface area contributed by atoms with Crippen molar-refractivity contribution in [3.05, 3.63) is 11.6 Å². The van der Waals surface area contributed by atoms with E-state index in [0.29, 0.717) is 0 Å². The molecule has 0 fully saturated rings. The van der Waals surface area contributed by atoms with Crippen molar-refractivity contribution < 1.29 is 4.79 Å². The number of allylic oxidation sites excluding steroid dienone is 1. The van der Waals surface area contributed by atoms with Crippen molar-refractivity contribution in [1.82, 2.24) is 0 Å². The van der Waals surface area contributed by atoms with Gasteiger partial charge < -0.3 is 5.73 Å². The van der Waals surface area contributed by atoms with Crippen LogP contribution in [0.2, 0.25) is 0 Å². The van der Waals surface area contributed by atoms with Gasteiger partial charge in [-0.15, -0.1) is 0 Å². The lowest BCUT2D eigenvalue weighted by molar-refractivity contribution is -0.113. The molecule has 0 aromatic heterocycles. The predicted molar refractivity (Wildman–Crippen MR) is 57.9 cm³/mol. The number of rotatable bonds is 1. The third-order valence-corrected chi connectivity index (χ3v) is 2.12. The Hall–Kier alpha value is 0.950. The average molecular weight is 306 g/mol. The Morgan fingerprint density at radius 2 is 1.31 bits per heavy atom. The lowest BCUT2D eigenvalue weighted by Gasteiger charge is -2.21. The van der Waals surface area contributed by atoms with Crippen LogP contribution in [-0.4, -0.2) is 13.5 Å². The molecule has 0 aliphatic heterocycles. The van der Waals surface area contributed by atoms with E-state index in [4.69, 9.17) is 75.3 Å². The van der Waals surface area contributed by atoms with Crippen molar-refractivity contribution in [3.63, 3.8) is 0 Å². The van der Waals surface area contributed by atoms with Gasteiger partial charge in [-0.3, -0.25) is 4.79 Å². The minimum Gasteiger partial charge on any atom is -0.366 e. The molecule has 0 aliphatic carbocycles. The van der Waals surface area contributed by atoms with E-state index < -0.39 is 13.5 Å². The van der Waals surface area contributed by atoms with Gasteiger partial charge in [0.1, 0.15) is 0 Å². The normalized spacial score (nSPS) is 12.5. The van der Waals surface area contributed by atoms with Gasteiger partial charge in [-0.2, -0.15) is 0 Å². The van der Waals surface area contributed by atoms with Gasteiger partial charge in [-0.1, -0.05) is 69.6 Å². The van der Waals surface area contributed by atoms with Crippen LogP contribution < -0.4 is 5.73 Å². The number of carbonyl (C=O) groups is 1. The van der Waals surface area contributed by atoms with Crippen LogP contribution in [0.15, 0.2) is 11.6 Å². The van der Waals surface area contributed by atoms with E-state index in [1.54, 1.807) is 0 Å². The number of primary amides is 1. The van der Waals surface area contributed by atoms with Crippen LogP contribution in [0, 0.1) is 0 Å². The first-order valence-corrected chi connectivity index (χ1v) is 4.97. The van der Waals surface area contributed by atoms with Crippen LogP contribution in [0.1, 0.15) is 0 Å². The molecular weight excluding hydrogens is 303 g/mol. The van der Waals surface area contributed by atoms with Crippen LogP contribution in [0.3, 0.4) is 0 Å². The highest BCUT2D eigenvalue weighted by molar-refractivity contribution is 6.75. The summed E-state index contributed by atoms with van der Waals surface area (Å²) in [4.78, 5) is 10.5. The van der Waals surface area contributed by atoms with Crippen molar-refractivity contribution in [2.45, 2.75) is 7.59 Å². The summed E-state index contributed by atoms with van der Waals surface area (Å²) in [6.45, 7) is 0. The molecule has 76 valence electrons. The van der Waals surface area contributed by atoms with E-state index in [2.05, 4.69) is 0 Å². The van der Waals surface area contributed by atoms with Gasteiger partial charge in [0.25, 0.3) is 0 Å². The molecule has 0 aliphatic rings. The van der Waals surface area contributed by atoms with Gasteiger partial charge >= 0.3 is 0 Å². The summed E-state index contributed by atoms with van der Waals surface area (Å²) in [5.41, 5.74) is 4.50. The second kappa shape index (κ2) is 4.65. The maximum atomic E-state index is 10.5. The first-order chi connectivity index (χ1) is 5.55. The first kappa shape index (κ1) is 13.9. The molecule has 0 bridgehead atoms. The third kappa shape index (κ3) is 5.40. The van der Waals surface area contributed by atoms with E-state index in [-0.39, 0.29) is 5.57 Å².